The number of carbonyl (C=O) groups is 2. The van der Waals surface area contributed by atoms with Gasteiger partial charge in [-0.05, 0) is 66.7 Å². The third-order valence-electron chi connectivity index (χ3n) is 4.39. The molecule has 2 aromatic carbocycles. The van der Waals surface area contributed by atoms with Crippen LogP contribution in [-0.4, -0.2) is 42.4 Å². The summed E-state index contributed by atoms with van der Waals surface area (Å²) in [4.78, 5) is 31.0. The second kappa shape index (κ2) is 8.53. The molecule has 1 saturated heterocycles. The van der Waals surface area contributed by atoms with E-state index in [0.717, 1.165) is 10.0 Å². The number of halogens is 1. The van der Waals surface area contributed by atoms with Gasteiger partial charge in [0.2, 0.25) is 6.79 Å². The van der Waals surface area contributed by atoms with Gasteiger partial charge in [-0.1, -0.05) is 15.9 Å². The minimum absolute atomic E-state index is 0.147. The number of fused-ring (bicyclic) bond motifs is 1. The zero-order chi connectivity index (χ0) is 21.3. The lowest BCUT2D eigenvalue weighted by atomic mass is 10.2. The highest BCUT2D eigenvalue weighted by Gasteiger charge is 2.31. The molecule has 4 rings (SSSR count). The number of esters is 1. The topological polar surface area (TPSA) is 77.4 Å². The molecule has 0 spiro atoms. The number of hydrogen-bond acceptors (Lipinski definition) is 7. The molecule has 1 fully saturated rings. The minimum Gasteiger partial charge on any atom is -0.462 e. The molecule has 0 atom stereocenters. The number of aliphatic imine (C=N–C) groups is 1. The third kappa shape index (κ3) is 4.08. The highest BCUT2D eigenvalue weighted by atomic mass is 79.9. The molecule has 9 heteroatoms. The largest absolute Gasteiger partial charge is 0.462 e. The number of nitrogens with zero attached hydrogens (tertiary/aromatic N) is 2. The van der Waals surface area contributed by atoms with Crippen LogP contribution in [0.5, 0.6) is 11.5 Å². The molecule has 0 aromatic heterocycles. The Balaban J connectivity index is 1.57. The lowest BCUT2D eigenvalue weighted by molar-refractivity contribution is -0.121. The molecule has 0 N–H and O–H groups in total. The van der Waals surface area contributed by atoms with E-state index in [1.165, 1.54) is 16.7 Å². The van der Waals surface area contributed by atoms with Gasteiger partial charge in [0.05, 0.1) is 22.8 Å². The third-order valence-corrected chi connectivity index (χ3v) is 6.13. The van der Waals surface area contributed by atoms with Crippen molar-refractivity contribution in [2.45, 2.75) is 6.92 Å². The number of amides is 1. The van der Waals surface area contributed by atoms with Gasteiger partial charge in [-0.15, -0.1) is 0 Å². The van der Waals surface area contributed by atoms with E-state index < -0.39 is 0 Å². The molecular formula is C21H17BrN2O5S. The van der Waals surface area contributed by atoms with Gasteiger partial charge >= 0.3 is 5.97 Å². The van der Waals surface area contributed by atoms with E-state index in [9.17, 15) is 9.59 Å². The van der Waals surface area contributed by atoms with Crippen LogP contribution in [0.25, 0.3) is 6.08 Å². The Bertz CT molecular complexity index is 1080. The molecule has 0 unspecified atom stereocenters. The first-order valence-electron chi connectivity index (χ1n) is 9.09. The molecule has 0 saturated carbocycles. The van der Waals surface area contributed by atoms with Gasteiger partial charge in [0, 0.05) is 11.5 Å². The van der Waals surface area contributed by atoms with Crippen molar-refractivity contribution in [3.8, 4) is 11.5 Å². The van der Waals surface area contributed by atoms with Crippen LogP contribution < -0.4 is 9.47 Å². The molecular weight excluding hydrogens is 472 g/mol. The fourth-order valence-corrected chi connectivity index (χ4v) is 4.25. The molecule has 1 amide bonds. The fourth-order valence-electron chi connectivity index (χ4n) is 2.83. The number of benzene rings is 2. The number of hydrogen-bond donors (Lipinski definition) is 0. The predicted octanol–water partition coefficient (Wildman–Crippen LogP) is 4.59. The summed E-state index contributed by atoms with van der Waals surface area (Å²) in [5, 5.41) is 0.548. The molecule has 30 heavy (non-hydrogen) atoms. The van der Waals surface area contributed by atoms with Crippen LogP contribution in [0.1, 0.15) is 22.8 Å². The lowest BCUT2D eigenvalue weighted by Gasteiger charge is -2.07. The molecule has 2 heterocycles. The molecule has 0 radical (unpaired) electrons. The Kier molecular flexibility index (Phi) is 5.83. The molecule has 2 aromatic rings. The summed E-state index contributed by atoms with van der Waals surface area (Å²) in [5.74, 6) is 0.787. The van der Waals surface area contributed by atoms with Gasteiger partial charge in [-0.25, -0.2) is 9.79 Å². The summed E-state index contributed by atoms with van der Waals surface area (Å²) in [6, 6.07) is 10.4. The maximum Gasteiger partial charge on any atom is 0.338 e. The van der Waals surface area contributed by atoms with Crippen LogP contribution in [-0.2, 0) is 9.53 Å². The highest BCUT2D eigenvalue weighted by Crippen LogP contribution is 2.40. The number of thioether (sulfide) groups is 1. The van der Waals surface area contributed by atoms with E-state index in [-0.39, 0.29) is 18.7 Å². The summed E-state index contributed by atoms with van der Waals surface area (Å²) < 4.78 is 16.6. The van der Waals surface area contributed by atoms with Gasteiger partial charge in [0.1, 0.15) is 0 Å². The summed E-state index contributed by atoms with van der Waals surface area (Å²) in [6.45, 7) is 2.26. The second-order valence-corrected chi connectivity index (χ2v) is 8.23. The average Bonchev–Trinajstić information content (AvgIpc) is 3.28. The zero-order valence-corrected chi connectivity index (χ0v) is 18.6. The van der Waals surface area contributed by atoms with Crippen molar-refractivity contribution in [2.24, 2.45) is 4.99 Å². The van der Waals surface area contributed by atoms with Crippen LogP contribution in [0.2, 0.25) is 0 Å². The van der Waals surface area contributed by atoms with Gasteiger partial charge in [-0.3, -0.25) is 9.69 Å². The molecule has 7 nitrogen and oxygen atoms in total. The zero-order valence-electron chi connectivity index (χ0n) is 16.2. The first kappa shape index (κ1) is 20.5. The molecule has 0 bridgehead atoms. The Morgan fingerprint density at radius 2 is 1.97 bits per heavy atom. The van der Waals surface area contributed by atoms with Crippen molar-refractivity contribution in [1.82, 2.24) is 4.90 Å². The lowest BCUT2D eigenvalue weighted by Crippen LogP contribution is -2.23. The van der Waals surface area contributed by atoms with Crippen molar-refractivity contribution < 1.29 is 23.8 Å². The molecule has 0 aliphatic carbocycles. The molecule has 2 aliphatic rings. The van der Waals surface area contributed by atoms with Crippen LogP contribution in [0.4, 0.5) is 5.69 Å². The van der Waals surface area contributed by atoms with Crippen LogP contribution in [0.3, 0.4) is 0 Å². The Hall–Kier alpha value is -2.78. The van der Waals surface area contributed by atoms with Gasteiger partial charge < -0.3 is 14.2 Å². The number of carbonyl (C=O) groups excluding carboxylic acids is 2. The van der Waals surface area contributed by atoms with Gasteiger partial charge in [0.25, 0.3) is 5.91 Å². The van der Waals surface area contributed by atoms with Crippen LogP contribution in [0, 0.1) is 0 Å². The standard InChI is InChI=1S/C21H17BrN2O5S/c1-3-27-20(26)12-4-6-14(7-5-12)23-21-24(2)19(25)18(30-21)9-13-8-16-17(10-15(13)22)29-11-28-16/h4-10H,3,11H2,1-2H3/b18-9-,23-21?. The van der Waals surface area contributed by atoms with Crippen molar-refractivity contribution in [2.75, 3.05) is 20.4 Å². The summed E-state index contributed by atoms with van der Waals surface area (Å²) >= 11 is 4.79. The quantitative estimate of drug-likeness (QED) is 0.462. The number of rotatable bonds is 4. The Labute approximate surface area is 185 Å². The SMILES string of the molecule is CCOC(=O)c1ccc(N=C2S/C(=C\c3cc4c(cc3Br)OCO4)C(=O)N2C)cc1. The van der Waals surface area contributed by atoms with E-state index in [0.29, 0.717) is 39.4 Å². The van der Waals surface area contributed by atoms with E-state index in [2.05, 4.69) is 20.9 Å². The van der Waals surface area contributed by atoms with E-state index in [1.54, 1.807) is 44.3 Å². The smallest absolute Gasteiger partial charge is 0.338 e. The predicted molar refractivity (Wildman–Crippen MR) is 118 cm³/mol. The second-order valence-electron chi connectivity index (χ2n) is 6.36. The molecule has 2 aliphatic heterocycles. The fraction of sp³-hybridized carbons (Fsp3) is 0.190. The summed E-state index contributed by atoms with van der Waals surface area (Å²) in [5.41, 5.74) is 1.90. The summed E-state index contributed by atoms with van der Waals surface area (Å²) in [6.07, 6.45) is 1.79. The van der Waals surface area contributed by atoms with E-state index >= 15 is 0 Å². The van der Waals surface area contributed by atoms with Crippen molar-refractivity contribution >= 4 is 56.5 Å². The minimum atomic E-state index is -0.376. The van der Waals surface area contributed by atoms with Crippen molar-refractivity contribution in [3.63, 3.8) is 0 Å². The highest BCUT2D eigenvalue weighted by molar-refractivity contribution is 9.10. The Morgan fingerprint density at radius 1 is 1.27 bits per heavy atom. The first-order valence-corrected chi connectivity index (χ1v) is 10.7. The van der Waals surface area contributed by atoms with Gasteiger partial charge in [-0.2, -0.15) is 0 Å². The number of likely N-dealkylation sites (N-methyl/N-ethyl adjacent to an activating group) is 1. The van der Waals surface area contributed by atoms with Gasteiger partial charge in [0.15, 0.2) is 16.7 Å². The van der Waals surface area contributed by atoms with E-state index in [1.807, 2.05) is 12.1 Å². The van der Waals surface area contributed by atoms with Crippen molar-refractivity contribution in [1.29, 1.82) is 0 Å². The molecule has 154 valence electrons. The monoisotopic (exact) mass is 488 g/mol. The van der Waals surface area contributed by atoms with Crippen LogP contribution >= 0.6 is 27.7 Å². The van der Waals surface area contributed by atoms with Crippen molar-refractivity contribution in [3.05, 3.63) is 56.9 Å². The van der Waals surface area contributed by atoms with E-state index in [4.69, 9.17) is 14.2 Å². The number of amidine groups is 1. The maximum absolute atomic E-state index is 12.7. The van der Waals surface area contributed by atoms with Crippen LogP contribution in [0.15, 0.2) is 50.8 Å². The first-order chi connectivity index (χ1) is 14.5. The average molecular weight is 489 g/mol. The Morgan fingerprint density at radius 3 is 2.67 bits per heavy atom. The normalized spacial score (nSPS) is 17.8. The maximum atomic E-state index is 12.7. The number of ether oxygens (including phenoxy) is 3. The summed E-state index contributed by atoms with van der Waals surface area (Å²) in [7, 11) is 1.68.